The van der Waals surface area contributed by atoms with E-state index in [0.717, 1.165) is 57.4 Å². The standard InChI is InChI=1S/C23H28ClFO4/c1-2-3-22(26)28-18-10-8-16(9-11-18)15-4-6-17(7-5-15)23(27)29-19-12-13-20(24)21(25)14-19/h2-3,12-18H,4-11H2,1H3. The molecule has 0 unspecified atom stereocenters. The molecule has 0 aromatic heterocycles. The lowest BCUT2D eigenvalue weighted by Gasteiger charge is -2.37. The highest BCUT2D eigenvalue weighted by atomic mass is 35.5. The number of benzene rings is 1. The van der Waals surface area contributed by atoms with Crippen LogP contribution in [0.2, 0.25) is 5.02 Å². The Balaban J connectivity index is 1.42. The van der Waals surface area contributed by atoms with Crippen LogP contribution in [0.5, 0.6) is 5.75 Å². The quantitative estimate of drug-likeness (QED) is 0.338. The Morgan fingerprint density at radius 3 is 2.24 bits per heavy atom. The molecule has 0 spiro atoms. The van der Waals surface area contributed by atoms with Crippen molar-refractivity contribution in [2.24, 2.45) is 17.8 Å². The molecule has 2 saturated carbocycles. The van der Waals surface area contributed by atoms with Gasteiger partial charge in [0, 0.05) is 12.1 Å². The van der Waals surface area contributed by atoms with Crippen LogP contribution in [0.25, 0.3) is 0 Å². The van der Waals surface area contributed by atoms with Gasteiger partial charge < -0.3 is 9.47 Å². The predicted molar refractivity (Wildman–Crippen MR) is 109 cm³/mol. The first-order valence-corrected chi connectivity index (χ1v) is 10.8. The molecule has 0 amide bonds. The van der Waals surface area contributed by atoms with E-state index >= 15 is 0 Å². The summed E-state index contributed by atoms with van der Waals surface area (Å²) in [6.45, 7) is 1.80. The van der Waals surface area contributed by atoms with Gasteiger partial charge in [-0.3, -0.25) is 4.79 Å². The fourth-order valence-electron chi connectivity index (χ4n) is 4.58. The van der Waals surface area contributed by atoms with Gasteiger partial charge in [-0.05, 0) is 82.3 Å². The minimum Gasteiger partial charge on any atom is -0.459 e. The number of allylic oxidation sites excluding steroid dienone is 1. The molecule has 0 N–H and O–H groups in total. The first kappa shape index (κ1) is 21.8. The molecule has 1 aromatic carbocycles. The van der Waals surface area contributed by atoms with E-state index in [4.69, 9.17) is 21.1 Å². The Bertz CT molecular complexity index is 747. The van der Waals surface area contributed by atoms with Crippen molar-refractivity contribution in [1.29, 1.82) is 0 Å². The van der Waals surface area contributed by atoms with Crippen molar-refractivity contribution in [3.8, 4) is 5.75 Å². The average Bonchev–Trinajstić information content (AvgIpc) is 2.71. The molecule has 2 fully saturated rings. The van der Waals surface area contributed by atoms with Crippen LogP contribution in [0.4, 0.5) is 4.39 Å². The van der Waals surface area contributed by atoms with Gasteiger partial charge in [-0.25, -0.2) is 9.18 Å². The zero-order chi connectivity index (χ0) is 20.8. The summed E-state index contributed by atoms with van der Waals surface area (Å²) in [4.78, 5) is 24.0. The highest BCUT2D eigenvalue weighted by molar-refractivity contribution is 6.30. The van der Waals surface area contributed by atoms with Crippen molar-refractivity contribution >= 4 is 23.5 Å². The second-order valence-corrected chi connectivity index (χ2v) is 8.49. The lowest BCUT2D eigenvalue weighted by molar-refractivity contribution is -0.145. The summed E-state index contributed by atoms with van der Waals surface area (Å²) < 4.78 is 24.3. The average molecular weight is 423 g/mol. The van der Waals surface area contributed by atoms with E-state index in [1.54, 1.807) is 13.0 Å². The third kappa shape index (κ3) is 6.05. The topological polar surface area (TPSA) is 52.6 Å². The first-order chi connectivity index (χ1) is 14.0. The van der Waals surface area contributed by atoms with E-state index in [1.165, 1.54) is 18.2 Å². The Labute approximate surface area is 176 Å². The zero-order valence-corrected chi connectivity index (χ0v) is 17.5. The largest absolute Gasteiger partial charge is 0.459 e. The minimum atomic E-state index is -0.590. The molecule has 0 atom stereocenters. The van der Waals surface area contributed by atoms with E-state index in [9.17, 15) is 14.0 Å². The second kappa shape index (κ2) is 10.2. The van der Waals surface area contributed by atoms with Crippen molar-refractivity contribution in [2.45, 2.75) is 64.4 Å². The van der Waals surface area contributed by atoms with Gasteiger partial charge in [0.1, 0.15) is 17.7 Å². The Morgan fingerprint density at radius 1 is 1.03 bits per heavy atom. The van der Waals surface area contributed by atoms with Gasteiger partial charge in [0.25, 0.3) is 0 Å². The van der Waals surface area contributed by atoms with Gasteiger partial charge in [-0.2, -0.15) is 0 Å². The highest BCUT2D eigenvalue weighted by Crippen LogP contribution is 2.41. The van der Waals surface area contributed by atoms with Crippen molar-refractivity contribution < 1.29 is 23.5 Å². The Morgan fingerprint density at radius 2 is 1.66 bits per heavy atom. The predicted octanol–water partition coefficient (Wildman–Crippen LogP) is 5.87. The number of esters is 2. The van der Waals surface area contributed by atoms with Gasteiger partial charge in [0.15, 0.2) is 0 Å². The lowest BCUT2D eigenvalue weighted by Crippen LogP contribution is -2.31. The lowest BCUT2D eigenvalue weighted by atomic mass is 9.70. The summed E-state index contributed by atoms with van der Waals surface area (Å²) in [6, 6.07) is 4.05. The number of carbonyl (C=O) groups excluding carboxylic acids is 2. The molecule has 0 saturated heterocycles. The molecule has 6 heteroatoms. The minimum absolute atomic E-state index is 0.0108. The summed E-state index contributed by atoms with van der Waals surface area (Å²) in [5.41, 5.74) is 0. The van der Waals surface area contributed by atoms with E-state index < -0.39 is 5.82 Å². The molecule has 29 heavy (non-hydrogen) atoms. The maximum Gasteiger partial charge on any atom is 0.330 e. The number of hydrogen-bond donors (Lipinski definition) is 0. The fraction of sp³-hybridized carbons (Fsp3) is 0.565. The van der Waals surface area contributed by atoms with Crippen LogP contribution in [0, 0.1) is 23.6 Å². The third-order valence-corrected chi connectivity index (χ3v) is 6.49. The number of ether oxygens (including phenoxy) is 2. The molecule has 2 aliphatic rings. The van der Waals surface area contributed by atoms with Crippen LogP contribution in [0.1, 0.15) is 58.3 Å². The van der Waals surface area contributed by atoms with Gasteiger partial charge in [0.05, 0.1) is 10.9 Å². The van der Waals surface area contributed by atoms with Crippen LogP contribution in [-0.4, -0.2) is 18.0 Å². The smallest absolute Gasteiger partial charge is 0.330 e. The van der Waals surface area contributed by atoms with Crippen molar-refractivity contribution in [2.75, 3.05) is 0 Å². The third-order valence-electron chi connectivity index (χ3n) is 6.19. The van der Waals surface area contributed by atoms with Crippen LogP contribution in [0.15, 0.2) is 30.4 Å². The van der Waals surface area contributed by atoms with Crippen molar-refractivity contribution in [1.82, 2.24) is 0 Å². The summed E-state index contributed by atoms with van der Waals surface area (Å²) in [5.74, 6) is 0.175. The van der Waals surface area contributed by atoms with E-state index in [1.807, 2.05) is 0 Å². The fourth-order valence-corrected chi connectivity index (χ4v) is 4.70. The maximum absolute atomic E-state index is 13.5. The van der Waals surface area contributed by atoms with Gasteiger partial charge in [0.2, 0.25) is 0 Å². The van der Waals surface area contributed by atoms with Crippen LogP contribution < -0.4 is 4.74 Å². The molecule has 0 bridgehead atoms. The number of halogens is 2. The van der Waals surface area contributed by atoms with E-state index in [2.05, 4.69) is 0 Å². The molecule has 3 rings (SSSR count). The van der Waals surface area contributed by atoms with Crippen molar-refractivity contribution in [3.63, 3.8) is 0 Å². The second-order valence-electron chi connectivity index (χ2n) is 8.08. The van der Waals surface area contributed by atoms with Crippen LogP contribution in [0.3, 0.4) is 0 Å². The molecule has 0 heterocycles. The van der Waals surface area contributed by atoms with E-state index in [-0.39, 0.29) is 34.7 Å². The van der Waals surface area contributed by atoms with Gasteiger partial charge in [-0.1, -0.05) is 17.7 Å². The van der Waals surface area contributed by atoms with Gasteiger partial charge in [-0.15, -0.1) is 0 Å². The highest BCUT2D eigenvalue weighted by Gasteiger charge is 2.34. The maximum atomic E-state index is 13.5. The van der Waals surface area contributed by atoms with E-state index in [0.29, 0.717) is 11.8 Å². The Kier molecular flexibility index (Phi) is 7.70. The zero-order valence-electron chi connectivity index (χ0n) is 16.7. The molecule has 2 aliphatic carbocycles. The summed E-state index contributed by atoms with van der Waals surface area (Å²) >= 11 is 5.66. The molecule has 4 nitrogen and oxygen atoms in total. The monoisotopic (exact) mass is 422 g/mol. The summed E-state index contributed by atoms with van der Waals surface area (Å²) in [6.07, 6.45) is 10.8. The number of rotatable bonds is 5. The van der Waals surface area contributed by atoms with Crippen LogP contribution >= 0.6 is 11.6 Å². The molecule has 1 aromatic rings. The molecule has 0 aliphatic heterocycles. The number of hydrogen-bond acceptors (Lipinski definition) is 4. The van der Waals surface area contributed by atoms with Gasteiger partial charge >= 0.3 is 11.9 Å². The van der Waals surface area contributed by atoms with Crippen molar-refractivity contribution in [3.05, 3.63) is 41.2 Å². The molecule has 0 radical (unpaired) electrons. The first-order valence-electron chi connectivity index (χ1n) is 10.5. The SMILES string of the molecule is CC=CC(=O)OC1CCC(C2CCC(C(=O)Oc3ccc(Cl)c(F)c3)CC2)CC1. The Hall–Kier alpha value is -1.88. The van der Waals surface area contributed by atoms with Crippen LogP contribution in [-0.2, 0) is 14.3 Å². The molecular formula is C23H28ClFO4. The number of carbonyl (C=O) groups is 2. The normalized spacial score (nSPS) is 27.6. The molecular weight excluding hydrogens is 395 g/mol. The molecule has 158 valence electrons. The summed E-state index contributed by atoms with van der Waals surface area (Å²) in [5, 5.41) is 0.0108. The summed E-state index contributed by atoms with van der Waals surface area (Å²) in [7, 11) is 0.